The van der Waals surface area contributed by atoms with Crippen molar-refractivity contribution >= 4 is 11.6 Å². The molecule has 0 aliphatic heterocycles. The number of benzene rings is 2. The number of hydrogen-bond donors (Lipinski definition) is 1. The van der Waals surface area contributed by atoms with Crippen molar-refractivity contribution in [2.75, 3.05) is 0 Å². The molecule has 0 fully saturated rings. The van der Waals surface area contributed by atoms with Crippen LogP contribution in [-0.4, -0.2) is 26.2 Å². The molecule has 1 heterocycles. The first-order chi connectivity index (χ1) is 12.6. The van der Waals surface area contributed by atoms with Crippen LogP contribution in [-0.2, 0) is 24.3 Å². The summed E-state index contributed by atoms with van der Waals surface area (Å²) >= 11 is 6.01. The number of aliphatic hydroxyl groups excluding tert-OH is 1. The summed E-state index contributed by atoms with van der Waals surface area (Å²) in [5.41, 5.74) is 2.90. The van der Waals surface area contributed by atoms with Gasteiger partial charge < -0.3 is 9.84 Å². The van der Waals surface area contributed by atoms with Gasteiger partial charge in [0.15, 0.2) is 0 Å². The second-order valence-corrected chi connectivity index (χ2v) is 6.76. The van der Waals surface area contributed by atoms with Crippen LogP contribution < -0.4 is 0 Å². The molecule has 0 bridgehead atoms. The van der Waals surface area contributed by atoms with Gasteiger partial charge in [0.2, 0.25) is 0 Å². The SMILES string of the molecule is CC(O)Cc1cn(CC(OCc2ccccc2)c2ccc(Cl)cc2)nn1. The first-order valence-corrected chi connectivity index (χ1v) is 8.96. The van der Waals surface area contributed by atoms with Crippen LogP contribution in [0.15, 0.2) is 60.8 Å². The highest BCUT2D eigenvalue weighted by molar-refractivity contribution is 6.30. The number of halogens is 1. The molecule has 2 atom stereocenters. The van der Waals surface area contributed by atoms with Crippen molar-refractivity contribution < 1.29 is 9.84 Å². The van der Waals surface area contributed by atoms with Crippen LogP contribution in [0.25, 0.3) is 0 Å². The van der Waals surface area contributed by atoms with E-state index in [4.69, 9.17) is 16.3 Å². The van der Waals surface area contributed by atoms with Crippen LogP contribution in [0.3, 0.4) is 0 Å². The molecule has 0 radical (unpaired) electrons. The number of nitrogens with zero attached hydrogens (tertiary/aromatic N) is 3. The molecule has 2 aromatic carbocycles. The van der Waals surface area contributed by atoms with E-state index in [0.717, 1.165) is 16.8 Å². The van der Waals surface area contributed by atoms with E-state index < -0.39 is 6.10 Å². The van der Waals surface area contributed by atoms with Gasteiger partial charge in [0, 0.05) is 17.6 Å². The second-order valence-electron chi connectivity index (χ2n) is 6.32. The minimum absolute atomic E-state index is 0.187. The largest absolute Gasteiger partial charge is 0.393 e. The molecule has 0 aliphatic carbocycles. The summed E-state index contributed by atoms with van der Waals surface area (Å²) in [6, 6.07) is 17.7. The lowest BCUT2D eigenvalue weighted by Crippen LogP contribution is -2.13. The maximum absolute atomic E-state index is 9.50. The van der Waals surface area contributed by atoms with E-state index in [1.54, 1.807) is 11.6 Å². The van der Waals surface area contributed by atoms with Crippen molar-refractivity contribution in [2.24, 2.45) is 0 Å². The Hall–Kier alpha value is -2.21. The first-order valence-electron chi connectivity index (χ1n) is 8.58. The molecule has 1 aromatic heterocycles. The van der Waals surface area contributed by atoms with E-state index in [1.807, 2.05) is 60.8 Å². The maximum atomic E-state index is 9.50. The fourth-order valence-corrected chi connectivity index (χ4v) is 2.82. The minimum Gasteiger partial charge on any atom is -0.393 e. The Morgan fingerprint density at radius 1 is 1.12 bits per heavy atom. The fraction of sp³-hybridized carbons (Fsp3) is 0.300. The highest BCUT2D eigenvalue weighted by Gasteiger charge is 2.15. The molecule has 1 N–H and O–H groups in total. The average Bonchev–Trinajstić information content (AvgIpc) is 3.06. The highest BCUT2D eigenvalue weighted by Crippen LogP contribution is 2.23. The zero-order chi connectivity index (χ0) is 18.4. The Bertz CT molecular complexity index is 803. The predicted molar refractivity (Wildman–Crippen MR) is 101 cm³/mol. The summed E-state index contributed by atoms with van der Waals surface area (Å²) in [4.78, 5) is 0. The Balaban J connectivity index is 1.73. The molecule has 2 unspecified atom stereocenters. The van der Waals surface area contributed by atoms with E-state index in [1.165, 1.54) is 0 Å². The third kappa shape index (κ3) is 5.39. The molecule has 0 saturated heterocycles. The van der Waals surface area contributed by atoms with Gasteiger partial charge >= 0.3 is 0 Å². The topological polar surface area (TPSA) is 60.2 Å². The molecule has 26 heavy (non-hydrogen) atoms. The van der Waals surface area contributed by atoms with Gasteiger partial charge in [0.05, 0.1) is 24.9 Å². The lowest BCUT2D eigenvalue weighted by atomic mass is 10.1. The van der Waals surface area contributed by atoms with Crippen molar-refractivity contribution in [3.8, 4) is 0 Å². The monoisotopic (exact) mass is 371 g/mol. The Labute approximate surface area is 158 Å². The number of rotatable bonds is 8. The summed E-state index contributed by atoms with van der Waals surface area (Å²) in [5, 5.41) is 18.5. The molecule has 6 heteroatoms. The highest BCUT2D eigenvalue weighted by atomic mass is 35.5. The van der Waals surface area contributed by atoms with E-state index in [9.17, 15) is 5.11 Å². The molecule has 0 saturated carbocycles. The predicted octanol–water partition coefficient (Wildman–Crippen LogP) is 3.81. The number of ether oxygens (including phenoxy) is 1. The third-order valence-electron chi connectivity index (χ3n) is 3.98. The van der Waals surface area contributed by atoms with E-state index >= 15 is 0 Å². The van der Waals surface area contributed by atoms with Crippen molar-refractivity contribution in [3.05, 3.63) is 82.6 Å². The standard InChI is InChI=1S/C20H22ClN3O2/c1-15(25)11-19-12-24(23-22-19)13-20(17-7-9-18(21)10-8-17)26-14-16-5-3-2-4-6-16/h2-10,12,15,20,25H,11,13-14H2,1H3. The van der Waals surface area contributed by atoms with Gasteiger partial charge in [0.25, 0.3) is 0 Å². The zero-order valence-electron chi connectivity index (χ0n) is 14.6. The van der Waals surface area contributed by atoms with Gasteiger partial charge in [-0.15, -0.1) is 5.10 Å². The quantitative estimate of drug-likeness (QED) is 0.654. The molecule has 0 amide bonds. The van der Waals surface area contributed by atoms with Crippen LogP contribution in [0, 0.1) is 0 Å². The third-order valence-corrected chi connectivity index (χ3v) is 4.23. The first kappa shape index (κ1) is 18.6. The molecule has 3 rings (SSSR count). The Kier molecular flexibility index (Phi) is 6.39. The lowest BCUT2D eigenvalue weighted by molar-refractivity contribution is 0.0253. The molecule has 0 spiro atoms. The summed E-state index contributed by atoms with van der Waals surface area (Å²) in [6.45, 7) is 2.77. The molecule has 5 nitrogen and oxygen atoms in total. The van der Waals surface area contributed by atoms with E-state index in [0.29, 0.717) is 24.6 Å². The molecular formula is C20H22ClN3O2. The second kappa shape index (κ2) is 8.94. The van der Waals surface area contributed by atoms with Crippen molar-refractivity contribution in [1.82, 2.24) is 15.0 Å². The minimum atomic E-state index is -0.443. The number of aliphatic hydroxyl groups is 1. The summed E-state index contributed by atoms with van der Waals surface area (Å²) in [7, 11) is 0. The van der Waals surface area contributed by atoms with Gasteiger partial charge in [-0.2, -0.15) is 0 Å². The Morgan fingerprint density at radius 2 is 1.85 bits per heavy atom. The van der Waals surface area contributed by atoms with Gasteiger partial charge in [-0.1, -0.05) is 59.3 Å². The van der Waals surface area contributed by atoms with Crippen LogP contribution in [0.2, 0.25) is 5.02 Å². The molecule has 136 valence electrons. The van der Waals surface area contributed by atoms with Gasteiger partial charge in [-0.3, -0.25) is 0 Å². The van der Waals surface area contributed by atoms with Crippen LogP contribution in [0.4, 0.5) is 0 Å². The summed E-state index contributed by atoms with van der Waals surface area (Å²) < 4.78 is 7.92. The van der Waals surface area contributed by atoms with E-state index in [-0.39, 0.29) is 6.10 Å². The molecular weight excluding hydrogens is 350 g/mol. The summed E-state index contributed by atoms with van der Waals surface area (Å²) in [6.07, 6.45) is 1.70. The van der Waals surface area contributed by atoms with Crippen molar-refractivity contribution in [3.63, 3.8) is 0 Å². The lowest BCUT2D eigenvalue weighted by Gasteiger charge is -2.18. The molecule has 0 aliphatic rings. The zero-order valence-corrected chi connectivity index (χ0v) is 15.4. The Morgan fingerprint density at radius 3 is 2.54 bits per heavy atom. The van der Waals surface area contributed by atoms with Crippen molar-refractivity contribution in [1.29, 1.82) is 0 Å². The average molecular weight is 372 g/mol. The molecule has 3 aromatic rings. The normalized spacial score (nSPS) is 13.5. The van der Waals surface area contributed by atoms with Crippen molar-refractivity contribution in [2.45, 2.75) is 38.7 Å². The van der Waals surface area contributed by atoms with E-state index in [2.05, 4.69) is 10.3 Å². The van der Waals surface area contributed by atoms with Crippen LogP contribution >= 0.6 is 11.6 Å². The fourth-order valence-electron chi connectivity index (χ4n) is 2.70. The number of hydrogen-bond acceptors (Lipinski definition) is 4. The van der Waals surface area contributed by atoms with Gasteiger partial charge in [0.1, 0.15) is 6.10 Å². The smallest absolute Gasteiger partial charge is 0.103 e. The van der Waals surface area contributed by atoms with Gasteiger partial charge in [-0.05, 0) is 30.2 Å². The van der Waals surface area contributed by atoms with Crippen LogP contribution in [0.1, 0.15) is 29.8 Å². The maximum Gasteiger partial charge on any atom is 0.103 e. The summed E-state index contributed by atoms with van der Waals surface area (Å²) in [5.74, 6) is 0. The number of aromatic nitrogens is 3. The van der Waals surface area contributed by atoms with Crippen LogP contribution in [0.5, 0.6) is 0 Å². The van der Waals surface area contributed by atoms with Gasteiger partial charge in [-0.25, -0.2) is 4.68 Å².